The summed E-state index contributed by atoms with van der Waals surface area (Å²) in [6.45, 7) is 2.16. The van der Waals surface area contributed by atoms with Gasteiger partial charge in [0.2, 0.25) is 0 Å². The molecule has 0 saturated heterocycles. The molecule has 0 atom stereocenters. The zero-order valence-electron chi connectivity index (χ0n) is 4.93. The van der Waals surface area contributed by atoms with Gasteiger partial charge in [0.25, 0.3) is 0 Å². The lowest BCUT2D eigenvalue weighted by Crippen LogP contribution is -1.94. The monoisotopic (exact) mass is 150 g/mol. The molecule has 0 rings (SSSR count). The third kappa shape index (κ3) is 3.85. The maximum Gasteiger partial charge on any atom is 0.350 e. The zero-order valence-corrected chi connectivity index (χ0v) is 5.68. The van der Waals surface area contributed by atoms with Gasteiger partial charge in [0.1, 0.15) is 6.26 Å². The van der Waals surface area contributed by atoms with Crippen LogP contribution in [0.25, 0.3) is 0 Å². The molecular formula is C5H7ClO3. The molecule has 0 bridgehead atoms. The lowest BCUT2D eigenvalue weighted by molar-refractivity contribution is -0.132. The van der Waals surface area contributed by atoms with Gasteiger partial charge in [0, 0.05) is 0 Å². The van der Waals surface area contributed by atoms with E-state index in [1.807, 2.05) is 0 Å². The van der Waals surface area contributed by atoms with Crippen molar-refractivity contribution in [2.45, 2.75) is 6.92 Å². The lowest BCUT2D eigenvalue weighted by Gasteiger charge is -1.92. The quantitative estimate of drug-likeness (QED) is 0.486. The maximum absolute atomic E-state index is 9.92. The highest BCUT2D eigenvalue weighted by atomic mass is 35.5. The van der Waals surface area contributed by atoms with Crippen LogP contribution in [0.3, 0.4) is 0 Å². The van der Waals surface area contributed by atoms with Gasteiger partial charge in [-0.15, -0.1) is 0 Å². The predicted octanol–water partition coefficient (Wildman–Crippen LogP) is 1.19. The summed E-state index contributed by atoms with van der Waals surface area (Å²) in [6.07, 6.45) is 1.00. The van der Waals surface area contributed by atoms with Crippen LogP contribution in [0.4, 0.5) is 0 Å². The number of carboxylic acid groups (broad SMARTS) is 1. The molecule has 0 aliphatic rings. The summed E-state index contributed by atoms with van der Waals surface area (Å²) in [5.41, 5.74) is 0. The molecule has 9 heavy (non-hydrogen) atoms. The van der Waals surface area contributed by atoms with Gasteiger partial charge in [-0.05, 0) is 6.92 Å². The van der Waals surface area contributed by atoms with Crippen LogP contribution in [0.2, 0.25) is 0 Å². The van der Waals surface area contributed by atoms with Crippen LogP contribution in [0.15, 0.2) is 11.3 Å². The Morgan fingerprint density at radius 2 is 2.44 bits per heavy atom. The molecule has 0 heterocycles. The van der Waals surface area contributed by atoms with Gasteiger partial charge in [-0.1, -0.05) is 11.6 Å². The molecule has 1 N–H and O–H groups in total. The normalized spacial score (nSPS) is 11.1. The minimum atomic E-state index is -1.18. The van der Waals surface area contributed by atoms with Crippen molar-refractivity contribution < 1.29 is 14.6 Å². The number of carbonyl (C=O) groups is 1. The van der Waals surface area contributed by atoms with Crippen LogP contribution in [-0.2, 0) is 9.53 Å². The second-order valence-corrected chi connectivity index (χ2v) is 1.63. The van der Waals surface area contributed by atoms with Gasteiger partial charge in [-0.3, -0.25) is 0 Å². The minimum Gasteiger partial charge on any atom is -0.500 e. The topological polar surface area (TPSA) is 46.5 Å². The van der Waals surface area contributed by atoms with Gasteiger partial charge in [0.05, 0.1) is 6.61 Å². The minimum absolute atomic E-state index is 0.308. The molecule has 0 unspecified atom stereocenters. The van der Waals surface area contributed by atoms with Gasteiger partial charge in [0.15, 0.2) is 5.03 Å². The highest BCUT2D eigenvalue weighted by Crippen LogP contribution is 1.99. The first-order valence-electron chi connectivity index (χ1n) is 2.39. The predicted molar refractivity (Wildman–Crippen MR) is 33.2 cm³/mol. The Kier molecular flexibility index (Phi) is 3.88. The highest BCUT2D eigenvalue weighted by Gasteiger charge is 2.00. The molecule has 0 amide bonds. The smallest absolute Gasteiger partial charge is 0.350 e. The third-order valence-electron chi connectivity index (χ3n) is 0.558. The Labute approximate surface area is 57.9 Å². The molecule has 0 aliphatic heterocycles. The van der Waals surface area contributed by atoms with E-state index in [0.717, 1.165) is 6.26 Å². The lowest BCUT2D eigenvalue weighted by atomic mass is 10.6. The van der Waals surface area contributed by atoms with E-state index in [-0.39, 0.29) is 5.03 Å². The van der Waals surface area contributed by atoms with E-state index in [0.29, 0.717) is 6.61 Å². The van der Waals surface area contributed by atoms with Crippen molar-refractivity contribution >= 4 is 17.6 Å². The molecule has 0 aliphatic carbocycles. The second-order valence-electron chi connectivity index (χ2n) is 1.23. The molecule has 0 spiro atoms. The highest BCUT2D eigenvalue weighted by molar-refractivity contribution is 6.40. The summed E-state index contributed by atoms with van der Waals surface area (Å²) < 4.78 is 4.58. The first-order valence-corrected chi connectivity index (χ1v) is 2.76. The molecule has 0 aromatic heterocycles. The number of hydrogen-bond acceptors (Lipinski definition) is 2. The number of halogens is 1. The number of aliphatic carboxylic acids is 1. The van der Waals surface area contributed by atoms with Crippen LogP contribution in [-0.4, -0.2) is 17.7 Å². The van der Waals surface area contributed by atoms with E-state index in [1.54, 1.807) is 6.92 Å². The first kappa shape index (κ1) is 8.30. The fraction of sp³-hybridized carbons (Fsp3) is 0.400. The van der Waals surface area contributed by atoms with E-state index in [4.69, 9.17) is 16.7 Å². The largest absolute Gasteiger partial charge is 0.500 e. The summed E-state index contributed by atoms with van der Waals surface area (Å²) >= 11 is 5.13. The molecule has 3 nitrogen and oxygen atoms in total. The van der Waals surface area contributed by atoms with Crippen molar-refractivity contribution in [3.05, 3.63) is 11.3 Å². The number of rotatable bonds is 3. The zero-order chi connectivity index (χ0) is 7.28. The van der Waals surface area contributed by atoms with Crippen molar-refractivity contribution in [2.24, 2.45) is 0 Å². The second kappa shape index (κ2) is 4.21. The Balaban J connectivity index is 3.69. The van der Waals surface area contributed by atoms with Crippen molar-refractivity contribution in [2.75, 3.05) is 6.61 Å². The SMILES string of the molecule is CCOC=C(Cl)C(=O)O. The van der Waals surface area contributed by atoms with Crippen molar-refractivity contribution in [3.8, 4) is 0 Å². The number of ether oxygens (including phenoxy) is 1. The van der Waals surface area contributed by atoms with Crippen LogP contribution in [0.1, 0.15) is 6.92 Å². The fourth-order valence-corrected chi connectivity index (χ4v) is 0.270. The van der Waals surface area contributed by atoms with Gasteiger partial charge in [-0.2, -0.15) is 0 Å². The molecular weight excluding hydrogens is 144 g/mol. The van der Waals surface area contributed by atoms with Crippen LogP contribution >= 0.6 is 11.6 Å². The van der Waals surface area contributed by atoms with Crippen molar-refractivity contribution in [3.63, 3.8) is 0 Å². The van der Waals surface area contributed by atoms with E-state index in [2.05, 4.69) is 4.74 Å². The first-order chi connectivity index (χ1) is 4.18. The standard InChI is InChI=1S/C5H7ClO3/c1-2-9-3-4(6)5(7)8/h3H,2H2,1H3,(H,7,8). The van der Waals surface area contributed by atoms with Crippen LogP contribution in [0.5, 0.6) is 0 Å². The van der Waals surface area contributed by atoms with Gasteiger partial charge >= 0.3 is 5.97 Å². The van der Waals surface area contributed by atoms with E-state index < -0.39 is 5.97 Å². The Morgan fingerprint density at radius 1 is 1.89 bits per heavy atom. The van der Waals surface area contributed by atoms with Gasteiger partial charge < -0.3 is 9.84 Å². The average Bonchev–Trinajstić information content (AvgIpc) is 1.82. The summed E-state index contributed by atoms with van der Waals surface area (Å²) in [5.74, 6) is -1.18. The molecule has 0 saturated carbocycles. The third-order valence-corrected chi connectivity index (χ3v) is 0.809. The number of carboxylic acids is 1. The van der Waals surface area contributed by atoms with Crippen LogP contribution in [0, 0.1) is 0 Å². The molecule has 52 valence electrons. The Bertz CT molecular complexity index is 130. The molecule has 0 aromatic rings. The summed E-state index contributed by atoms with van der Waals surface area (Å²) in [6, 6.07) is 0. The Morgan fingerprint density at radius 3 is 2.78 bits per heavy atom. The summed E-state index contributed by atoms with van der Waals surface area (Å²) in [7, 11) is 0. The fourth-order valence-electron chi connectivity index (χ4n) is 0.207. The van der Waals surface area contributed by atoms with E-state index in [1.165, 1.54) is 0 Å². The molecule has 0 fully saturated rings. The Hall–Kier alpha value is -0.700. The van der Waals surface area contributed by atoms with Gasteiger partial charge in [-0.25, -0.2) is 4.79 Å². The summed E-state index contributed by atoms with van der Waals surface area (Å²) in [5, 5.41) is 7.82. The van der Waals surface area contributed by atoms with Crippen LogP contribution < -0.4 is 0 Å². The van der Waals surface area contributed by atoms with E-state index in [9.17, 15) is 4.79 Å². The molecule has 0 radical (unpaired) electrons. The average molecular weight is 151 g/mol. The van der Waals surface area contributed by atoms with E-state index >= 15 is 0 Å². The molecule has 4 heteroatoms. The van der Waals surface area contributed by atoms with Crippen molar-refractivity contribution in [1.29, 1.82) is 0 Å². The number of hydrogen-bond donors (Lipinski definition) is 1. The van der Waals surface area contributed by atoms with Crippen molar-refractivity contribution in [1.82, 2.24) is 0 Å². The summed E-state index contributed by atoms with van der Waals surface area (Å²) in [4.78, 5) is 9.92. The molecule has 0 aromatic carbocycles. The maximum atomic E-state index is 9.92.